The van der Waals surface area contributed by atoms with Crippen molar-refractivity contribution in [2.24, 2.45) is 5.41 Å². The van der Waals surface area contributed by atoms with E-state index in [1.807, 2.05) is 0 Å². The van der Waals surface area contributed by atoms with E-state index in [-0.39, 0.29) is 43.6 Å². The maximum atomic E-state index is 12.9. The number of carbonyl (C=O) groups excluding carboxylic acids is 1. The fourth-order valence-electron chi connectivity index (χ4n) is 2.89. The van der Waals surface area contributed by atoms with E-state index in [4.69, 9.17) is 28.9 Å². The largest absolute Gasteiger partial charge is 0.396 e. The van der Waals surface area contributed by atoms with Crippen LogP contribution in [0.4, 0.5) is 16.6 Å². The van der Waals surface area contributed by atoms with Crippen LogP contribution in [0, 0.1) is 5.41 Å². The molecule has 4 N–H and O–H groups in total. The molecule has 0 fully saturated rings. The molecule has 170 valence electrons. The van der Waals surface area contributed by atoms with Gasteiger partial charge in [-0.15, -0.1) is 0 Å². The average Bonchev–Trinajstić information content (AvgIpc) is 3.07. The van der Waals surface area contributed by atoms with Crippen molar-refractivity contribution in [3.05, 3.63) is 63.0 Å². The molecular formula is C21H21Cl2N3O4S2. The van der Waals surface area contributed by atoms with Crippen molar-refractivity contribution in [2.45, 2.75) is 18.7 Å². The standard InChI is InChI=1S/C21H21Cl2N3O4S2/c1-21(2,10-27)11-32(29,30)13-8-6-12(7-9-13)25-20-26-19(24)18(31-20)17(28)16-14(22)4-3-5-15(16)23/h3-9,27H,10-11,24H2,1-2H3,(H,25,26). The van der Waals surface area contributed by atoms with E-state index in [1.165, 1.54) is 12.1 Å². The van der Waals surface area contributed by atoms with Crippen molar-refractivity contribution in [1.29, 1.82) is 0 Å². The van der Waals surface area contributed by atoms with Gasteiger partial charge in [-0.3, -0.25) is 4.79 Å². The third kappa shape index (κ3) is 5.41. The van der Waals surface area contributed by atoms with Crippen LogP contribution in [-0.4, -0.2) is 36.7 Å². The van der Waals surface area contributed by atoms with Crippen LogP contribution in [0.3, 0.4) is 0 Å². The Hall–Kier alpha value is -2.17. The van der Waals surface area contributed by atoms with Gasteiger partial charge in [-0.2, -0.15) is 0 Å². The second kappa shape index (κ2) is 9.36. The molecule has 0 aliphatic heterocycles. The van der Waals surface area contributed by atoms with Gasteiger partial charge in [-0.25, -0.2) is 13.4 Å². The summed E-state index contributed by atoms with van der Waals surface area (Å²) in [5.74, 6) is -0.581. The van der Waals surface area contributed by atoms with E-state index >= 15 is 0 Å². The number of nitrogens with two attached hydrogens (primary N) is 1. The summed E-state index contributed by atoms with van der Waals surface area (Å²) in [5.41, 5.74) is 5.91. The van der Waals surface area contributed by atoms with Gasteiger partial charge in [0.2, 0.25) is 5.78 Å². The zero-order valence-electron chi connectivity index (χ0n) is 17.2. The summed E-state index contributed by atoms with van der Waals surface area (Å²) < 4.78 is 25.1. The van der Waals surface area contributed by atoms with Crippen molar-refractivity contribution < 1.29 is 18.3 Å². The van der Waals surface area contributed by atoms with Crippen LogP contribution in [0.25, 0.3) is 0 Å². The van der Waals surface area contributed by atoms with E-state index in [2.05, 4.69) is 10.3 Å². The Morgan fingerprint density at radius 1 is 1.16 bits per heavy atom. The number of halogens is 2. The topological polar surface area (TPSA) is 122 Å². The quantitative estimate of drug-likeness (QED) is 0.369. The number of hydrogen-bond acceptors (Lipinski definition) is 8. The Morgan fingerprint density at radius 2 is 1.75 bits per heavy atom. The highest BCUT2D eigenvalue weighted by atomic mass is 35.5. The lowest BCUT2D eigenvalue weighted by molar-refractivity contribution is 0.104. The molecule has 32 heavy (non-hydrogen) atoms. The molecule has 0 saturated heterocycles. The number of nitrogens with one attached hydrogen (secondary N) is 1. The number of aliphatic hydroxyl groups excluding tert-OH is 1. The maximum Gasteiger partial charge on any atom is 0.209 e. The predicted molar refractivity (Wildman–Crippen MR) is 129 cm³/mol. The molecule has 0 radical (unpaired) electrons. The molecule has 11 heteroatoms. The van der Waals surface area contributed by atoms with E-state index in [1.54, 1.807) is 44.2 Å². The summed E-state index contributed by atoms with van der Waals surface area (Å²) in [7, 11) is -3.56. The number of thiazole rings is 1. The van der Waals surface area contributed by atoms with Crippen molar-refractivity contribution in [1.82, 2.24) is 4.98 Å². The first kappa shape index (κ1) is 24.5. The normalized spacial score (nSPS) is 12.0. The molecule has 0 bridgehead atoms. The Balaban J connectivity index is 1.80. The Labute approximate surface area is 200 Å². The number of aromatic nitrogens is 1. The minimum atomic E-state index is -3.56. The molecule has 1 aromatic heterocycles. The third-order valence-corrected chi connectivity index (χ3v) is 8.29. The smallest absolute Gasteiger partial charge is 0.209 e. The van der Waals surface area contributed by atoms with E-state index < -0.39 is 21.0 Å². The van der Waals surface area contributed by atoms with Gasteiger partial charge in [-0.1, -0.05) is 54.5 Å². The predicted octanol–water partition coefficient (Wildman–Crippen LogP) is 4.80. The molecule has 2 aromatic carbocycles. The first-order valence-electron chi connectivity index (χ1n) is 9.39. The summed E-state index contributed by atoms with van der Waals surface area (Å²) in [4.78, 5) is 17.4. The van der Waals surface area contributed by atoms with Crippen LogP contribution in [0.5, 0.6) is 0 Å². The van der Waals surface area contributed by atoms with Gasteiger partial charge in [-0.05, 0) is 36.4 Å². The van der Waals surface area contributed by atoms with Gasteiger partial charge in [0.1, 0.15) is 10.7 Å². The molecule has 0 saturated carbocycles. The average molecular weight is 514 g/mol. The van der Waals surface area contributed by atoms with Crippen LogP contribution in [-0.2, 0) is 9.84 Å². The highest BCUT2D eigenvalue weighted by Crippen LogP contribution is 2.34. The molecule has 3 aromatic rings. The van der Waals surface area contributed by atoms with Crippen LogP contribution >= 0.6 is 34.5 Å². The first-order chi connectivity index (χ1) is 14.9. The van der Waals surface area contributed by atoms with Crippen LogP contribution in [0.1, 0.15) is 29.1 Å². The third-order valence-electron chi connectivity index (χ3n) is 4.52. The monoisotopic (exact) mass is 513 g/mol. The zero-order valence-corrected chi connectivity index (χ0v) is 20.4. The van der Waals surface area contributed by atoms with Crippen molar-refractivity contribution >= 4 is 66.8 Å². The number of aliphatic hydroxyl groups is 1. The SMILES string of the molecule is CC(C)(CO)CS(=O)(=O)c1ccc(Nc2nc(N)c(C(=O)c3c(Cl)cccc3Cl)s2)cc1. The van der Waals surface area contributed by atoms with Gasteiger partial charge in [0, 0.05) is 17.7 Å². The summed E-state index contributed by atoms with van der Waals surface area (Å²) in [6.07, 6.45) is 0. The number of benzene rings is 2. The molecule has 0 unspecified atom stereocenters. The molecule has 3 rings (SSSR count). The van der Waals surface area contributed by atoms with Gasteiger partial charge >= 0.3 is 0 Å². The minimum Gasteiger partial charge on any atom is -0.396 e. The number of sulfone groups is 1. The molecule has 0 aliphatic carbocycles. The van der Waals surface area contributed by atoms with Crippen molar-refractivity contribution in [2.75, 3.05) is 23.4 Å². The van der Waals surface area contributed by atoms with Gasteiger partial charge < -0.3 is 16.2 Å². The number of nitrogen functional groups attached to an aromatic ring is 1. The number of ketones is 1. The Morgan fingerprint density at radius 3 is 2.31 bits per heavy atom. The lowest BCUT2D eigenvalue weighted by Crippen LogP contribution is -2.27. The molecule has 0 amide bonds. The molecule has 7 nitrogen and oxygen atoms in total. The van der Waals surface area contributed by atoms with Gasteiger partial charge in [0.05, 0.1) is 26.3 Å². The second-order valence-corrected chi connectivity index (χ2v) is 11.7. The van der Waals surface area contributed by atoms with E-state index in [9.17, 15) is 18.3 Å². The number of hydrogen-bond donors (Lipinski definition) is 3. The van der Waals surface area contributed by atoms with Crippen LogP contribution in [0.2, 0.25) is 10.0 Å². The second-order valence-electron chi connectivity index (χ2n) is 7.89. The lowest BCUT2D eigenvalue weighted by Gasteiger charge is -2.21. The fraction of sp³-hybridized carbons (Fsp3) is 0.238. The number of nitrogens with zero attached hydrogens (tertiary/aromatic N) is 1. The highest BCUT2D eigenvalue weighted by molar-refractivity contribution is 7.91. The van der Waals surface area contributed by atoms with Crippen LogP contribution in [0.15, 0.2) is 47.4 Å². The Bertz CT molecular complexity index is 1240. The van der Waals surface area contributed by atoms with Gasteiger partial charge in [0.25, 0.3) is 0 Å². The van der Waals surface area contributed by atoms with Crippen molar-refractivity contribution in [3.63, 3.8) is 0 Å². The lowest BCUT2D eigenvalue weighted by atomic mass is 9.98. The van der Waals surface area contributed by atoms with Crippen LogP contribution < -0.4 is 11.1 Å². The first-order valence-corrected chi connectivity index (χ1v) is 12.6. The number of anilines is 3. The summed E-state index contributed by atoms with van der Waals surface area (Å²) in [5, 5.41) is 13.1. The number of rotatable bonds is 8. The molecule has 0 atom stereocenters. The molecule has 1 heterocycles. The van der Waals surface area contributed by atoms with Crippen molar-refractivity contribution in [3.8, 4) is 0 Å². The summed E-state index contributed by atoms with van der Waals surface area (Å²) in [6.45, 7) is 3.13. The Kier molecular flexibility index (Phi) is 7.16. The molecule has 0 aliphatic rings. The number of carbonyl (C=O) groups is 1. The van der Waals surface area contributed by atoms with E-state index in [0.717, 1.165) is 11.3 Å². The molecule has 0 spiro atoms. The summed E-state index contributed by atoms with van der Waals surface area (Å²) >= 11 is 13.3. The highest BCUT2D eigenvalue weighted by Gasteiger charge is 2.27. The maximum absolute atomic E-state index is 12.9. The van der Waals surface area contributed by atoms with Gasteiger partial charge in [0.15, 0.2) is 15.0 Å². The summed E-state index contributed by atoms with van der Waals surface area (Å²) in [6, 6.07) is 10.9. The van der Waals surface area contributed by atoms with E-state index in [0.29, 0.717) is 10.8 Å². The minimum absolute atomic E-state index is 0.0314. The fourth-order valence-corrected chi connectivity index (χ4v) is 6.15. The zero-order chi connectivity index (χ0) is 23.7. The molecular weight excluding hydrogens is 493 g/mol.